The van der Waals surface area contributed by atoms with E-state index in [0.717, 1.165) is 11.5 Å². The van der Waals surface area contributed by atoms with Crippen LogP contribution in [0.5, 0.6) is 0 Å². The van der Waals surface area contributed by atoms with E-state index < -0.39 is 0 Å². The Kier molecular flexibility index (Phi) is 13.7. The zero-order valence-corrected chi connectivity index (χ0v) is 9.79. The largest absolute Gasteiger partial charge is 0.482 e. The summed E-state index contributed by atoms with van der Waals surface area (Å²) < 4.78 is 4.62. The lowest BCUT2D eigenvalue weighted by Gasteiger charge is -1.97. The Labute approximate surface area is 86.4 Å². The third-order valence-electron chi connectivity index (χ3n) is 0.984. The van der Waals surface area contributed by atoms with Gasteiger partial charge in [-0.3, -0.25) is 5.41 Å². The first kappa shape index (κ1) is 14.7. The van der Waals surface area contributed by atoms with E-state index in [1.54, 1.807) is 6.92 Å². The highest BCUT2D eigenvalue weighted by Gasteiger charge is 1.90. The van der Waals surface area contributed by atoms with E-state index in [0.29, 0.717) is 12.5 Å². The van der Waals surface area contributed by atoms with Crippen molar-refractivity contribution in [3.63, 3.8) is 0 Å². The minimum absolute atomic E-state index is 0.289. The van der Waals surface area contributed by atoms with Gasteiger partial charge in [0, 0.05) is 6.92 Å². The molecule has 12 heavy (non-hydrogen) atoms. The molecule has 2 nitrogen and oxygen atoms in total. The van der Waals surface area contributed by atoms with Gasteiger partial charge in [-0.15, -0.1) is 0 Å². The van der Waals surface area contributed by atoms with Crippen molar-refractivity contribution in [2.24, 2.45) is 5.92 Å². The summed E-state index contributed by atoms with van der Waals surface area (Å²) in [5.41, 5.74) is 0. The van der Waals surface area contributed by atoms with Crippen molar-refractivity contribution in [1.82, 2.24) is 0 Å². The monoisotopic (exact) mass is 209 g/mol. The third-order valence-corrected chi connectivity index (χ3v) is 2.23. The quantitative estimate of drug-likeness (QED) is 0.372. The summed E-state index contributed by atoms with van der Waals surface area (Å²) in [5, 5.41) is 6.67. The Morgan fingerprint density at radius 2 is 1.83 bits per heavy atom. The molecule has 0 rings (SSSR count). The van der Waals surface area contributed by atoms with Crippen LogP contribution in [0.4, 0.5) is 0 Å². The molecular formula is C8H19NOS2. The number of hydrogen-bond donors (Lipinski definition) is 3. The lowest BCUT2D eigenvalue weighted by molar-refractivity contribution is 0.321. The van der Waals surface area contributed by atoms with Crippen LogP contribution in [0.3, 0.4) is 0 Å². The van der Waals surface area contributed by atoms with Crippen LogP contribution in [0.2, 0.25) is 0 Å². The maximum atomic E-state index is 6.67. The van der Waals surface area contributed by atoms with Crippen molar-refractivity contribution < 1.29 is 4.74 Å². The molecule has 0 aromatic carbocycles. The number of ether oxygens (including phenoxy) is 1. The van der Waals surface area contributed by atoms with Gasteiger partial charge in [-0.1, -0.05) is 6.92 Å². The molecule has 0 aliphatic heterocycles. The van der Waals surface area contributed by atoms with Gasteiger partial charge in [-0.05, 0) is 24.3 Å². The van der Waals surface area contributed by atoms with E-state index in [2.05, 4.69) is 36.9 Å². The number of nitrogens with one attached hydrogen (secondary N) is 1. The SMILES string of the molecule is CC(CS)CS.CCOC(C)=N. The maximum Gasteiger partial charge on any atom is 0.177 e. The molecule has 0 aliphatic carbocycles. The average molecular weight is 209 g/mol. The van der Waals surface area contributed by atoms with Crippen molar-refractivity contribution in [3.8, 4) is 0 Å². The molecular weight excluding hydrogens is 190 g/mol. The average Bonchev–Trinajstić information content (AvgIpc) is 2.04. The second kappa shape index (κ2) is 11.2. The fourth-order valence-corrected chi connectivity index (χ4v) is 0.736. The topological polar surface area (TPSA) is 33.1 Å². The Balaban J connectivity index is 0. The first-order valence-corrected chi connectivity index (χ1v) is 5.24. The zero-order chi connectivity index (χ0) is 9.98. The molecule has 0 radical (unpaired) electrons. The molecule has 0 saturated carbocycles. The van der Waals surface area contributed by atoms with E-state index in [1.165, 1.54) is 0 Å². The van der Waals surface area contributed by atoms with Gasteiger partial charge in [0.05, 0.1) is 6.61 Å². The lowest BCUT2D eigenvalue weighted by Crippen LogP contribution is -1.95. The number of thiol groups is 2. The van der Waals surface area contributed by atoms with E-state index in [1.807, 2.05) is 6.92 Å². The predicted molar refractivity (Wildman–Crippen MR) is 61.9 cm³/mol. The van der Waals surface area contributed by atoms with Crippen LogP contribution in [0.1, 0.15) is 20.8 Å². The lowest BCUT2D eigenvalue weighted by atomic mass is 10.3. The van der Waals surface area contributed by atoms with Crippen molar-refractivity contribution in [1.29, 1.82) is 5.41 Å². The van der Waals surface area contributed by atoms with E-state index in [9.17, 15) is 0 Å². The van der Waals surface area contributed by atoms with Crippen LogP contribution in [0, 0.1) is 11.3 Å². The molecule has 0 bridgehead atoms. The van der Waals surface area contributed by atoms with Crippen LogP contribution in [-0.2, 0) is 4.74 Å². The first-order valence-electron chi connectivity index (χ1n) is 3.98. The van der Waals surface area contributed by atoms with Crippen LogP contribution in [0.15, 0.2) is 0 Å². The van der Waals surface area contributed by atoms with Crippen LogP contribution in [-0.4, -0.2) is 24.0 Å². The van der Waals surface area contributed by atoms with Gasteiger partial charge < -0.3 is 4.74 Å². The molecule has 74 valence electrons. The summed E-state index contributed by atoms with van der Waals surface area (Å²) in [6, 6.07) is 0. The standard InChI is InChI=1S/C4H9NO.C4H10S2/c1-3-6-4(2)5;1-4(2-5)3-6/h5H,3H2,1-2H3;4-6H,2-3H2,1H3. The van der Waals surface area contributed by atoms with Gasteiger partial charge in [0.1, 0.15) is 0 Å². The van der Waals surface area contributed by atoms with Gasteiger partial charge in [0.2, 0.25) is 0 Å². The predicted octanol–water partition coefficient (Wildman–Crippen LogP) is 2.50. The molecule has 0 aliphatic rings. The molecule has 0 fully saturated rings. The summed E-state index contributed by atoms with van der Waals surface area (Å²) in [6.45, 7) is 6.21. The molecule has 0 aromatic heterocycles. The highest BCUT2D eigenvalue weighted by molar-refractivity contribution is 7.81. The second-order valence-corrected chi connectivity index (χ2v) is 3.19. The molecule has 0 heterocycles. The summed E-state index contributed by atoms with van der Waals surface area (Å²) in [5.74, 6) is 2.85. The fraction of sp³-hybridized carbons (Fsp3) is 0.875. The Morgan fingerprint density at radius 3 is 1.83 bits per heavy atom. The normalized spacial score (nSPS) is 8.83. The highest BCUT2D eigenvalue weighted by atomic mass is 32.1. The van der Waals surface area contributed by atoms with E-state index in [-0.39, 0.29) is 5.90 Å². The van der Waals surface area contributed by atoms with Gasteiger partial charge in [-0.2, -0.15) is 25.3 Å². The number of rotatable bonds is 3. The van der Waals surface area contributed by atoms with Crippen LogP contribution >= 0.6 is 25.3 Å². The first-order chi connectivity index (χ1) is 5.58. The van der Waals surface area contributed by atoms with Gasteiger partial charge in [0.25, 0.3) is 0 Å². The van der Waals surface area contributed by atoms with Crippen molar-refractivity contribution in [2.75, 3.05) is 18.1 Å². The van der Waals surface area contributed by atoms with E-state index >= 15 is 0 Å². The molecule has 0 saturated heterocycles. The molecule has 4 heteroatoms. The van der Waals surface area contributed by atoms with Crippen molar-refractivity contribution in [2.45, 2.75) is 20.8 Å². The van der Waals surface area contributed by atoms with Crippen molar-refractivity contribution >= 4 is 31.2 Å². The summed E-state index contributed by atoms with van der Waals surface area (Å²) in [4.78, 5) is 0. The fourth-order valence-electron chi connectivity index (χ4n) is 0.274. The van der Waals surface area contributed by atoms with Gasteiger partial charge in [0.15, 0.2) is 5.90 Å². The van der Waals surface area contributed by atoms with Crippen LogP contribution in [0.25, 0.3) is 0 Å². The highest BCUT2D eigenvalue weighted by Crippen LogP contribution is 1.97. The molecule has 0 spiro atoms. The molecule has 0 aromatic rings. The smallest absolute Gasteiger partial charge is 0.177 e. The zero-order valence-electron chi connectivity index (χ0n) is 8.00. The van der Waals surface area contributed by atoms with Crippen LogP contribution < -0.4 is 0 Å². The number of hydrogen-bond acceptors (Lipinski definition) is 4. The van der Waals surface area contributed by atoms with Gasteiger partial charge in [-0.25, -0.2) is 0 Å². The molecule has 0 atom stereocenters. The Hall–Kier alpha value is 0.170. The molecule has 0 amide bonds. The summed E-state index contributed by atoms with van der Waals surface area (Å²) >= 11 is 8.09. The minimum atomic E-state index is 0.289. The molecule has 0 unspecified atom stereocenters. The minimum Gasteiger partial charge on any atom is -0.482 e. The summed E-state index contributed by atoms with van der Waals surface area (Å²) in [7, 11) is 0. The Morgan fingerprint density at radius 1 is 1.42 bits per heavy atom. The van der Waals surface area contributed by atoms with E-state index in [4.69, 9.17) is 5.41 Å². The maximum absolute atomic E-state index is 6.67. The second-order valence-electron chi connectivity index (χ2n) is 2.46. The van der Waals surface area contributed by atoms with Crippen molar-refractivity contribution in [3.05, 3.63) is 0 Å². The summed E-state index contributed by atoms with van der Waals surface area (Å²) in [6.07, 6.45) is 0. The third kappa shape index (κ3) is 16.6. The van der Waals surface area contributed by atoms with Gasteiger partial charge >= 0.3 is 0 Å². The molecule has 1 N–H and O–H groups in total. The Bertz CT molecular complexity index is 105.